The molecule has 0 unspecified atom stereocenters. The average Bonchev–Trinajstić information content (AvgIpc) is 3.54. The number of aryl methyl sites for hydroxylation is 2. The Morgan fingerprint density at radius 1 is 0.882 bits per heavy atom. The number of rotatable bonds is 3. The van der Waals surface area contributed by atoms with Crippen molar-refractivity contribution >= 4 is 11.2 Å². The summed E-state index contributed by atoms with van der Waals surface area (Å²) in [4.78, 5) is 18.8. The second-order valence-electron chi connectivity index (χ2n) is 9.77. The van der Waals surface area contributed by atoms with E-state index in [-0.39, 0.29) is 24.7 Å². The summed E-state index contributed by atoms with van der Waals surface area (Å²) in [7, 11) is 0. The molecular weight excluding hydrogens is 438 g/mol. The zero-order valence-electron chi connectivity index (χ0n) is 19.9. The third kappa shape index (κ3) is 5.24. The number of hydrogen-bond acceptors (Lipinski definition) is 6. The molecule has 0 N–H and O–H groups in total. The van der Waals surface area contributed by atoms with Gasteiger partial charge in [0.05, 0.1) is 23.1 Å². The van der Waals surface area contributed by atoms with Crippen molar-refractivity contribution in [2.24, 2.45) is 0 Å². The lowest BCUT2D eigenvalue weighted by Gasteiger charge is -2.29. The smallest absolute Gasteiger partial charge is 0.248 e. The Kier molecular flexibility index (Phi) is 6.55. The fourth-order valence-electron chi connectivity index (χ4n) is 4.72. The molecule has 2 aliphatic carbocycles. The van der Waals surface area contributed by atoms with Gasteiger partial charge in [0, 0.05) is 50.3 Å². The van der Waals surface area contributed by atoms with Gasteiger partial charge in [0.25, 0.3) is 0 Å². The zero-order valence-corrected chi connectivity index (χ0v) is 19.9. The van der Waals surface area contributed by atoms with E-state index in [1.54, 1.807) is 0 Å². The van der Waals surface area contributed by atoms with Crippen molar-refractivity contribution in [3.63, 3.8) is 0 Å². The van der Waals surface area contributed by atoms with E-state index in [1.807, 2.05) is 37.0 Å². The standard InChI is InChI=1S/C19H24F2N4O.C6H8N2/c1-11-12(2)23-18-16(22-11)15(13-3-7-19(20,21)8-4-13)24-17(25-18)14-5-9-26-10-6-14;1-4-7-8(5-1)6-2-3-6/h13-14H,3-10H2,1-2H3;1,4-6H,2-3H2. The molecule has 9 heteroatoms. The highest BCUT2D eigenvalue weighted by atomic mass is 19.3. The largest absolute Gasteiger partial charge is 0.381 e. The van der Waals surface area contributed by atoms with Gasteiger partial charge in [0.15, 0.2) is 5.65 Å². The Balaban J connectivity index is 0.000000252. The predicted octanol–water partition coefficient (Wildman–Crippen LogP) is 5.44. The van der Waals surface area contributed by atoms with Crippen molar-refractivity contribution in [2.75, 3.05) is 13.2 Å². The molecule has 0 amide bonds. The minimum atomic E-state index is -2.55. The Hall–Kier alpha value is -2.55. The number of aromatic nitrogens is 6. The van der Waals surface area contributed by atoms with Crippen LogP contribution in [0.2, 0.25) is 0 Å². The van der Waals surface area contributed by atoms with Crippen molar-refractivity contribution in [1.82, 2.24) is 29.7 Å². The summed E-state index contributed by atoms with van der Waals surface area (Å²) in [5.41, 5.74) is 3.76. The topological polar surface area (TPSA) is 78.6 Å². The summed E-state index contributed by atoms with van der Waals surface area (Å²) in [5.74, 6) is -1.55. The number of nitrogens with zero attached hydrogens (tertiary/aromatic N) is 6. The molecule has 0 atom stereocenters. The van der Waals surface area contributed by atoms with Gasteiger partial charge in [-0.1, -0.05) is 0 Å². The number of halogens is 2. The molecule has 1 aliphatic heterocycles. The normalized spacial score (nSPS) is 21.3. The number of alkyl halides is 2. The van der Waals surface area contributed by atoms with Gasteiger partial charge in [-0.3, -0.25) is 4.68 Å². The van der Waals surface area contributed by atoms with Gasteiger partial charge in [-0.2, -0.15) is 5.10 Å². The molecule has 1 saturated heterocycles. The van der Waals surface area contributed by atoms with E-state index in [9.17, 15) is 8.78 Å². The van der Waals surface area contributed by atoms with Crippen molar-refractivity contribution in [1.29, 1.82) is 0 Å². The fraction of sp³-hybridized carbons (Fsp3) is 0.640. The van der Waals surface area contributed by atoms with Crippen molar-refractivity contribution in [3.8, 4) is 0 Å². The van der Waals surface area contributed by atoms with Crippen LogP contribution < -0.4 is 0 Å². The summed E-state index contributed by atoms with van der Waals surface area (Å²) in [6.07, 6.45) is 8.95. The lowest BCUT2D eigenvalue weighted by Crippen LogP contribution is -2.25. The lowest BCUT2D eigenvalue weighted by molar-refractivity contribution is -0.0384. The number of hydrogen-bond donors (Lipinski definition) is 0. The Bertz CT molecular complexity index is 1120. The summed E-state index contributed by atoms with van der Waals surface area (Å²) < 4.78 is 34.7. The van der Waals surface area contributed by atoms with Crippen LogP contribution in [0.4, 0.5) is 8.78 Å². The first-order valence-electron chi connectivity index (χ1n) is 12.4. The minimum Gasteiger partial charge on any atom is -0.381 e. The van der Waals surface area contributed by atoms with Gasteiger partial charge in [-0.25, -0.2) is 28.7 Å². The number of fused-ring (bicyclic) bond motifs is 1. The van der Waals surface area contributed by atoms with Crippen LogP contribution in [-0.2, 0) is 4.74 Å². The van der Waals surface area contributed by atoms with Crippen LogP contribution >= 0.6 is 0 Å². The zero-order chi connectivity index (χ0) is 23.7. The second kappa shape index (κ2) is 9.60. The van der Waals surface area contributed by atoms with Gasteiger partial charge >= 0.3 is 0 Å². The van der Waals surface area contributed by atoms with Crippen LogP contribution in [0.25, 0.3) is 11.2 Å². The van der Waals surface area contributed by atoms with Gasteiger partial charge < -0.3 is 4.74 Å². The van der Waals surface area contributed by atoms with E-state index in [0.717, 1.165) is 41.8 Å². The maximum absolute atomic E-state index is 13.6. The molecule has 4 heterocycles. The van der Waals surface area contributed by atoms with E-state index in [0.29, 0.717) is 37.2 Å². The van der Waals surface area contributed by atoms with Crippen LogP contribution in [0, 0.1) is 13.8 Å². The minimum absolute atomic E-state index is 0.00452. The van der Waals surface area contributed by atoms with Gasteiger partial charge in [0.2, 0.25) is 5.92 Å². The van der Waals surface area contributed by atoms with Gasteiger partial charge in [0.1, 0.15) is 11.3 Å². The van der Waals surface area contributed by atoms with Gasteiger partial charge in [-0.05, 0) is 58.4 Å². The molecule has 0 bridgehead atoms. The van der Waals surface area contributed by atoms with Crippen LogP contribution in [0.1, 0.15) is 92.2 Å². The molecule has 3 fully saturated rings. The predicted molar refractivity (Wildman–Crippen MR) is 124 cm³/mol. The molecule has 3 aliphatic rings. The highest BCUT2D eigenvalue weighted by molar-refractivity contribution is 5.73. The summed E-state index contributed by atoms with van der Waals surface area (Å²) in [5, 5.41) is 4.09. The lowest BCUT2D eigenvalue weighted by atomic mass is 9.84. The molecule has 2 saturated carbocycles. The molecule has 0 radical (unpaired) electrons. The molecule has 3 aromatic heterocycles. The first-order chi connectivity index (χ1) is 16.4. The van der Waals surface area contributed by atoms with E-state index in [4.69, 9.17) is 14.7 Å². The molecule has 0 spiro atoms. The number of ether oxygens (including phenoxy) is 1. The van der Waals surface area contributed by atoms with E-state index >= 15 is 0 Å². The van der Waals surface area contributed by atoms with Crippen molar-refractivity contribution in [3.05, 3.63) is 41.4 Å². The van der Waals surface area contributed by atoms with E-state index < -0.39 is 5.92 Å². The molecule has 7 nitrogen and oxygen atoms in total. The fourth-order valence-corrected chi connectivity index (χ4v) is 4.72. The Labute approximate surface area is 198 Å². The SMILES string of the molecule is Cc1nc2nc(C3CCOCC3)nc(C3CCC(F)(F)CC3)c2nc1C.c1cnn(C2CC2)c1. The maximum Gasteiger partial charge on any atom is 0.248 e. The maximum atomic E-state index is 13.6. The average molecular weight is 471 g/mol. The first kappa shape index (κ1) is 23.2. The molecule has 3 aromatic rings. The van der Waals surface area contributed by atoms with Crippen molar-refractivity contribution in [2.45, 2.75) is 89.0 Å². The third-order valence-electron chi connectivity index (χ3n) is 7.12. The first-order valence-corrected chi connectivity index (χ1v) is 12.4. The Morgan fingerprint density at radius 3 is 2.24 bits per heavy atom. The van der Waals surface area contributed by atoms with Crippen LogP contribution in [0.15, 0.2) is 18.5 Å². The summed E-state index contributed by atoms with van der Waals surface area (Å²) in [6.45, 7) is 5.23. The highest BCUT2D eigenvalue weighted by Gasteiger charge is 2.37. The molecule has 34 heavy (non-hydrogen) atoms. The van der Waals surface area contributed by atoms with E-state index in [1.165, 1.54) is 12.8 Å². The van der Waals surface area contributed by atoms with Crippen LogP contribution in [0.3, 0.4) is 0 Å². The van der Waals surface area contributed by atoms with Crippen molar-refractivity contribution < 1.29 is 13.5 Å². The molecule has 182 valence electrons. The summed E-state index contributed by atoms with van der Waals surface area (Å²) >= 11 is 0. The van der Waals surface area contributed by atoms with Gasteiger partial charge in [-0.15, -0.1) is 0 Å². The van der Waals surface area contributed by atoms with Crippen LogP contribution in [0.5, 0.6) is 0 Å². The Morgan fingerprint density at radius 2 is 1.59 bits per heavy atom. The third-order valence-corrected chi connectivity index (χ3v) is 7.12. The monoisotopic (exact) mass is 470 g/mol. The molecule has 6 rings (SSSR count). The highest BCUT2D eigenvalue weighted by Crippen LogP contribution is 2.42. The summed E-state index contributed by atoms with van der Waals surface area (Å²) in [6, 6.07) is 2.71. The molecular formula is C25H32F2N6O. The quantitative estimate of drug-likeness (QED) is 0.507. The van der Waals surface area contributed by atoms with E-state index in [2.05, 4.69) is 15.1 Å². The van der Waals surface area contributed by atoms with Crippen LogP contribution in [-0.4, -0.2) is 48.9 Å². The molecule has 0 aromatic carbocycles. The second-order valence-corrected chi connectivity index (χ2v) is 9.77.